The molecule has 72 valence electrons. The van der Waals surface area contributed by atoms with Gasteiger partial charge in [-0.1, -0.05) is 5.16 Å². The van der Waals surface area contributed by atoms with E-state index in [4.69, 9.17) is 10.9 Å². The zero-order chi connectivity index (χ0) is 9.56. The summed E-state index contributed by atoms with van der Waals surface area (Å²) < 4.78 is 12.0. The SMILES string of the molecule is CC(C)N(CCF)CC(N)=NO. The molecule has 0 aliphatic rings. The molecule has 0 radical (unpaired) electrons. The number of amidine groups is 1. The van der Waals surface area contributed by atoms with Gasteiger partial charge >= 0.3 is 0 Å². The molecule has 0 rings (SSSR count). The van der Waals surface area contributed by atoms with Crippen LogP contribution < -0.4 is 5.73 Å². The van der Waals surface area contributed by atoms with E-state index in [1.807, 2.05) is 13.8 Å². The summed E-state index contributed by atoms with van der Waals surface area (Å²) in [5.41, 5.74) is 5.28. The van der Waals surface area contributed by atoms with Crippen LogP contribution in [0.25, 0.3) is 0 Å². The second-order valence-electron chi connectivity index (χ2n) is 2.84. The molecule has 0 atom stereocenters. The first-order chi connectivity index (χ1) is 5.61. The molecule has 0 bridgehead atoms. The summed E-state index contributed by atoms with van der Waals surface area (Å²) in [4.78, 5) is 1.79. The fraction of sp³-hybridized carbons (Fsp3) is 0.857. The summed E-state index contributed by atoms with van der Waals surface area (Å²) >= 11 is 0. The summed E-state index contributed by atoms with van der Waals surface area (Å²) in [7, 11) is 0. The van der Waals surface area contributed by atoms with Crippen LogP contribution in [0.2, 0.25) is 0 Å². The van der Waals surface area contributed by atoms with E-state index in [2.05, 4.69) is 5.16 Å². The molecule has 0 aromatic carbocycles. The highest BCUT2D eigenvalue weighted by Crippen LogP contribution is 1.96. The van der Waals surface area contributed by atoms with E-state index in [0.717, 1.165) is 0 Å². The Balaban J connectivity index is 3.95. The van der Waals surface area contributed by atoms with Gasteiger partial charge in [-0.05, 0) is 13.8 Å². The van der Waals surface area contributed by atoms with Crippen molar-refractivity contribution in [2.45, 2.75) is 19.9 Å². The highest BCUT2D eigenvalue weighted by Gasteiger charge is 2.10. The molecule has 0 aliphatic carbocycles. The maximum atomic E-state index is 12.0. The quantitative estimate of drug-likeness (QED) is 0.277. The highest BCUT2D eigenvalue weighted by atomic mass is 19.1. The Morgan fingerprint density at radius 3 is 2.58 bits per heavy atom. The smallest absolute Gasteiger partial charge is 0.153 e. The van der Waals surface area contributed by atoms with E-state index in [0.29, 0.717) is 13.1 Å². The van der Waals surface area contributed by atoms with Gasteiger partial charge in [-0.25, -0.2) is 4.39 Å². The highest BCUT2D eigenvalue weighted by molar-refractivity contribution is 5.81. The molecule has 5 heteroatoms. The van der Waals surface area contributed by atoms with Crippen LogP contribution in [0.4, 0.5) is 4.39 Å². The minimum absolute atomic E-state index is 0.108. The average molecular weight is 177 g/mol. The monoisotopic (exact) mass is 177 g/mol. The van der Waals surface area contributed by atoms with Gasteiger partial charge in [0, 0.05) is 12.6 Å². The number of hydrogen-bond donors (Lipinski definition) is 2. The summed E-state index contributed by atoms with van der Waals surface area (Å²) in [5.74, 6) is 0.108. The zero-order valence-electron chi connectivity index (χ0n) is 7.50. The molecule has 4 nitrogen and oxygen atoms in total. The van der Waals surface area contributed by atoms with Crippen molar-refractivity contribution in [1.29, 1.82) is 0 Å². The number of alkyl halides is 1. The van der Waals surface area contributed by atoms with Gasteiger partial charge in [0.25, 0.3) is 0 Å². The number of nitrogens with two attached hydrogens (primary N) is 1. The second kappa shape index (κ2) is 5.77. The van der Waals surface area contributed by atoms with Crippen LogP contribution in [0, 0.1) is 0 Å². The van der Waals surface area contributed by atoms with Crippen LogP contribution >= 0.6 is 0 Å². The lowest BCUT2D eigenvalue weighted by molar-refractivity contribution is 0.226. The first-order valence-electron chi connectivity index (χ1n) is 3.88. The largest absolute Gasteiger partial charge is 0.409 e. The molecule has 0 saturated carbocycles. The van der Waals surface area contributed by atoms with Gasteiger partial charge in [0.15, 0.2) is 5.84 Å². The Kier molecular flexibility index (Phi) is 5.36. The Labute approximate surface area is 71.8 Å². The van der Waals surface area contributed by atoms with Crippen molar-refractivity contribution in [3.63, 3.8) is 0 Å². The Morgan fingerprint density at radius 1 is 1.67 bits per heavy atom. The minimum Gasteiger partial charge on any atom is -0.409 e. The molecule has 0 spiro atoms. The van der Waals surface area contributed by atoms with Crippen LogP contribution in [-0.2, 0) is 0 Å². The summed E-state index contributed by atoms with van der Waals surface area (Å²) in [5, 5.41) is 11.1. The topological polar surface area (TPSA) is 61.8 Å². The van der Waals surface area contributed by atoms with Crippen molar-refractivity contribution in [3.05, 3.63) is 0 Å². The molecule has 0 aromatic rings. The summed E-state index contributed by atoms with van der Waals surface area (Å²) in [6.45, 7) is 4.06. The first-order valence-corrected chi connectivity index (χ1v) is 3.88. The van der Waals surface area contributed by atoms with Crippen LogP contribution in [0.5, 0.6) is 0 Å². The molecule has 0 amide bonds. The second-order valence-corrected chi connectivity index (χ2v) is 2.84. The summed E-state index contributed by atoms with van der Waals surface area (Å²) in [6.07, 6.45) is 0. The van der Waals surface area contributed by atoms with Crippen molar-refractivity contribution in [2.75, 3.05) is 19.8 Å². The lowest BCUT2D eigenvalue weighted by atomic mass is 10.3. The van der Waals surface area contributed by atoms with Gasteiger partial charge in [0.05, 0.1) is 6.54 Å². The molecule has 0 unspecified atom stereocenters. The fourth-order valence-electron chi connectivity index (χ4n) is 0.868. The van der Waals surface area contributed by atoms with E-state index in [1.165, 1.54) is 0 Å². The van der Waals surface area contributed by atoms with Crippen LogP contribution in [0.1, 0.15) is 13.8 Å². The predicted molar refractivity (Wildman–Crippen MR) is 46.1 cm³/mol. The zero-order valence-corrected chi connectivity index (χ0v) is 7.50. The van der Waals surface area contributed by atoms with Gasteiger partial charge < -0.3 is 10.9 Å². The number of hydrogen-bond acceptors (Lipinski definition) is 3. The Hall–Kier alpha value is -0.840. The van der Waals surface area contributed by atoms with Gasteiger partial charge in [0.1, 0.15) is 6.67 Å². The molecule has 0 aromatic heterocycles. The first kappa shape index (κ1) is 11.2. The number of nitrogens with zero attached hydrogens (tertiary/aromatic N) is 2. The maximum absolute atomic E-state index is 12.0. The molecular weight excluding hydrogens is 161 g/mol. The van der Waals surface area contributed by atoms with Gasteiger partial charge in [-0.3, -0.25) is 4.90 Å². The number of rotatable bonds is 5. The Bertz CT molecular complexity index is 150. The molecule has 3 N–H and O–H groups in total. The predicted octanol–water partition coefficient (Wildman–Crippen LogP) is 0.413. The third-order valence-electron chi connectivity index (χ3n) is 1.60. The third kappa shape index (κ3) is 4.12. The molecule has 0 heterocycles. The van der Waals surface area contributed by atoms with Crippen LogP contribution in [0.3, 0.4) is 0 Å². The van der Waals surface area contributed by atoms with Crippen LogP contribution in [-0.4, -0.2) is 41.7 Å². The van der Waals surface area contributed by atoms with E-state index in [9.17, 15) is 4.39 Å². The molecular formula is C7H16FN3O. The van der Waals surface area contributed by atoms with E-state index in [1.54, 1.807) is 4.90 Å². The lowest BCUT2D eigenvalue weighted by Gasteiger charge is -2.23. The minimum atomic E-state index is -0.420. The number of oxime groups is 1. The molecule has 0 saturated heterocycles. The fourth-order valence-corrected chi connectivity index (χ4v) is 0.868. The van der Waals surface area contributed by atoms with Gasteiger partial charge in [-0.2, -0.15) is 0 Å². The molecule has 0 aliphatic heterocycles. The third-order valence-corrected chi connectivity index (χ3v) is 1.60. The van der Waals surface area contributed by atoms with E-state index in [-0.39, 0.29) is 11.9 Å². The standard InChI is InChI=1S/C7H16FN3O/c1-6(2)11(4-3-8)5-7(9)10-12/h6,12H,3-5H2,1-2H3,(H2,9,10). The van der Waals surface area contributed by atoms with Crippen molar-refractivity contribution < 1.29 is 9.60 Å². The van der Waals surface area contributed by atoms with E-state index < -0.39 is 6.67 Å². The van der Waals surface area contributed by atoms with E-state index >= 15 is 0 Å². The van der Waals surface area contributed by atoms with Crippen molar-refractivity contribution in [1.82, 2.24) is 4.90 Å². The van der Waals surface area contributed by atoms with Gasteiger partial charge in [-0.15, -0.1) is 0 Å². The molecule has 0 fully saturated rings. The Morgan fingerprint density at radius 2 is 2.25 bits per heavy atom. The van der Waals surface area contributed by atoms with Gasteiger partial charge in [0.2, 0.25) is 0 Å². The van der Waals surface area contributed by atoms with Crippen LogP contribution in [0.15, 0.2) is 5.16 Å². The van der Waals surface area contributed by atoms with Crippen molar-refractivity contribution >= 4 is 5.84 Å². The normalized spacial score (nSPS) is 12.9. The average Bonchev–Trinajstić information content (AvgIpc) is 2.03. The maximum Gasteiger partial charge on any atom is 0.153 e. The van der Waals surface area contributed by atoms with Crippen molar-refractivity contribution in [2.24, 2.45) is 10.9 Å². The molecule has 12 heavy (non-hydrogen) atoms. The summed E-state index contributed by atoms with van der Waals surface area (Å²) in [6, 6.07) is 0.195. The van der Waals surface area contributed by atoms with Crippen molar-refractivity contribution in [3.8, 4) is 0 Å². The number of halogens is 1. The lowest BCUT2D eigenvalue weighted by Crippen LogP contribution is -2.39.